The molecule has 0 aromatic rings. The zero-order valence-corrected chi connectivity index (χ0v) is 8.39. The molecule has 1 N–H and O–H groups in total. The zero-order valence-electron chi connectivity index (χ0n) is 8.39. The lowest BCUT2D eigenvalue weighted by molar-refractivity contribution is 0.978. The van der Waals surface area contributed by atoms with Gasteiger partial charge in [-0.25, -0.2) is 4.99 Å². The van der Waals surface area contributed by atoms with E-state index >= 15 is 0 Å². The van der Waals surface area contributed by atoms with Gasteiger partial charge in [0.1, 0.15) is 11.5 Å². The Kier molecular flexibility index (Phi) is 3.01. The van der Waals surface area contributed by atoms with Crippen LogP contribution in [0.4, 0.5) is 0 Å². The van der Waals surface area contributed by atoms with E-state index in [0.717, 1.165) is 29.3 Å². The maximum atomic E-state index is 4.36. The molecule has 70 valence electrons. The average molecular weight is 177 g/mol. The third kappa shape index (κ3) is 2.05. The van der Waals surface area contributed by atoms with Gasteiger partial charge in [-0.3, -0.25) is 4.99 Å². The molecule has 0 unspecified atom stereocenters. The van der Waals surface area contributed by atoms with E-state index in [4.69, 9.17) is 0 Å². The molecule has 3 nitrogen and oxygen atoms in total. The van der Waals surface area contributed by atoms with Crippen LogP contribution in [0.1, 0.15) is 27.2 Å². The van der Waals surface area contributed by atoms with Crippen LogP contribution in [-0.2, 0) is 0 Å². The summed E-state index contributed by atoms with van der Waals surface area (Å²) in [6.07, 6.45) is 2.64. The van der Waals surface area contributed by atoms with Crippen molar-refractivity contribution in [2.24, 2.45) is 9.98 Å². The van der Waals surface area contributed by atoms with Crippen LogP contribution in [0.3, 0.4) is 0 Å². The highest BCUT2D eigenvalue weighted by Gasteiger charge is 2.12. The fourth-order valence-electron chi connectivity index (χ4n) is 1.20. The molecule has 0 atom stereocenters. The molecule has 0 saturated heterocycles. The number of nitrogens with zero attached hydrogens (tertiary/aromatic N) is 2. The first-order valence-electron chi connectivity index (χ1n) is 4.42. The van der Waals surface area contributed by atoms with Gasteiger partial charge < -0.3 is 5.32 Å². The monoisotopic (exact) mass is 177 g/mol. The minimum Gasteiger partial charge on any atom is -0.342 e. The molecule has 0 amide bonds. The summed E-state index contributed by atoms with van der Waals surface area (Å²) in [4.78, 5) is 8.56. The Labute approximate surface area is 79.0 Å². The third-order valence-corrected chi connectivity index (χ3v) is 1.82. The van der Waals surface area contributed by atoms with Crippen molar-refractivity contribution in [1.82, 2.24) is 5.32 Å². The highest BCUT2D eigenvalue weighted by Crippen LogP contribution is 2.18. The average Bonchev–Trinajstić information content (AvgIpc) is 2.11. The molecule has 1 aliphatic rings. The quantitative estimate of drug-likeness (QED) is 0.645. The number of rotatable bonds is 2. The second kappa shape index (κ2) is 4.03. The molecular formula is C10H15N3. The Balaban J connectivity index is 3.04. The first-order valence-corrected chi connectivity index (χ1v) is 4.42. The lowest BCUT2D eigenvalue weighted by Crippen LogP contribution is -2.26. The van der Waals surface area contributed by atoms with Crippen molar-refractivity contribution in [3.63, 3.8) is 0 Å². The van der Waals surface area contributed by atoms with Crippen molar-refractivity contribution in [2.75, 3.05) is 0 Å². The summed E-state index contributed by atoms with van der Waals surface area (Å²) in [5, 5.41) is 3.12. The second-order valence-electron chi connectivity index (χ2n) is 2.84. The third-order valence-electron chi connectivity index (χ3n) is 1.82. The van der Waals surface area contributed by atoms with Crippen molar-refractivity contribution in [1.29, 1.82) is 0 Å². The van der Waals surface area contributed by atoms with Gasteiger partial charge in [0.25, 0.3) is 0 Å². The number of aliphatic imine (C=N–C) groups is 2. The maximum absolute atomic E-state index is 4.36. The van der Waals surface area contributed by atoms with Gasteiger partial charge in [0.2, 0.25) is 0 Å². The van der Waals surface area contributed by atoms with E-state index in [1.165, 1.54) is 0 Å². The number of hydrogen-bond acceptors (Lipinski definition) is 3. The van der Waals surface area contributed by atoms with Gasteiger partial charge in [0.15, 0.2) is 0 Å². The smallest absolute Gasteiger partial charge is 0.107 e. The van der Waals surface area contributed by atoms with E-state index in [1.807, 2.05) is 13.8 Å². The molecule has 1 aliphatic heterocycles. The van der Waals surface area contributed by atoms with Crippen LogP contribution in [0.5, 0.6) is 0 Å². The van der Waals surface area contributed by atoms with Crippen LogP contribution >= 0.6 is 0 Å². The van der Waals surface area contributed by atoms with E-state index < -0.39 is 0 Å². The van der Waals surface area contributed by atoms with Gasteiger partial charge in [-0.05, 0) is 13.8 Å². The van der Waals surface area contributed by atoms with Crippen LogP contribution in [0.2, 0.25) is 0 Å². The summed E-state index contributed by atoms with van der Waals surface area (Å²) in [6, 6.07) is 0. The Hall–Kier alpha value is -1.38. The van der Waals surface area contributed by atoms with E-state index in [9.17, 15) is 0 Å². The predicted octanol–water partition coefficient (Wildman–Crippen LogP) is 2.23. The Morgan fingerprint density at radius 1 is 1.62 bits per heavy atom. The topological polar surface area (TPSA) is 36.8 Å². The van der Waals surface area contributed by atoms with E-state index in [-0.39, 0.29) is 0 Å². The summed E-state index contributed by atoms with van der Waals surface area (Å²) in [6.45, 7) is 9.79. The molecule has 0 fully saturated rings. The van der Waals surface area contributed by atoms with Gasteiger partial charge in [-0.15, -0.1) is 0 Å². The first-order chi connectivity index (χ1) is 6.19. The van der Waals surface area contributed by atoms with Crippen molar-refractivity contribution >= 4 is 12.1 Å². The fraction of sp³-hybridized carbons (Fsp3) is 0.400. The highest BCUT2D eigenvalue weighted by atomic mass is 15.1. The van der Waals surface area contributed by atoms with Gasteiger partial charge in [0.05, 0.1) is 11.4 Å². The van der Waals surface area contributed by atoms with E-state index in [2.05, 4.69) is 28.8 Å². The number of amidine groups is 1. The molecule has 0 saturated carbocycles. The molecule has 1 rings (SSSR count). The largest absolute Gasteiger partial charge is 0.342 e. The lowest BCUT2D eigenvalue weighted by Gasteiger charge is -2.17. The summed E-state index contributed by atoms with van der Waals surface area (Å²) in [5.74, 6) is 0.956. The van der Waals surface area contributed by atoms with Gasteiger partial charge >= 0.3 is 0 Å². The Bertz CT molecular complexity index is 308. The van der Waals surface area contributed by atoms with Crippen molar-refractivity contribution in [2.45, 2.75) is 27.2 Å². The Morgan fingerprint density at radius 3 is 2.77 bits per heavy atom. The molecule has 13 heavy (non-hydrogen) atoms. The summed E-state index contributed by atoms with van der Waals surface area (Å²) < 4.78 is 0. The first kappa shape index (κ1) is 9.71. The SMILES string of the molecule is C=C1NC(CC)=NC(C)=C1N=CC. The molecule has 1 heterocycles. The van der Waals surface area contributed by atoms with Crippen LogP contribution in [0, 0.1) is 0 Å². The van der Waals surface area contributed by atoms with Crippen molar-refractivity contribution < 1.29 is 0 Å². The molecule has 0 radical (unpaired) electrons. The minimum atomic E-state index is 0.836. The van der Waals surface area contributed by atoms with Gasteiger partial charge in [-0.1, -0.05) is 13.5 Å². The van der Waals surface area contributed by atoms with Crippen LogP contribution in [0.25, 0.3) is 0 Å². The van der Waals surface area contributed by atoms with Gasteiger partial charge in [0, 0.05) is 12.6 Å². The highest BCUT2D eigenvalue weighted by molar-refractivity contribution is 5.86. The standard InChI is InChI=1S/C10H15N3/c1-5-9-12-7(3)10(11-6-2)8(4)13-9/h6H,3,5H2,1-2,4H3,(H,12,13). The Morgan fingerprint density at radius 2 is 2.31 bits per heavy atom. The lowest BCUT2D eigenvalue weighted by atomic mass is 10.2. The number of allylic oxidation sites excluding steroid dienone is 1. The molecule has 0 bridgehead atoms. The molecule has 3 heteroatoms. The van der Waals surface area contributed by atoms with E-state index in [0.29, 0.717) is 0 Å². The second-order valence-corrected chi connectivity index (χ2v) is 2.84. The minimum absolute atomic E-state index is 0.836. The maximum Gasteiger partial charge on any atom is 0.107 e. The summed E-state index contributed by atoms with van der Waals surface area (Å²) in [5.41, 5.74) is 2.61. The molecular weight excluding hydrogens is 162 g/mol. The van der Waals surface area contributed by atoms with Crippen LogP contribution in [-0.4, -0.2) is 12.1 Å². The van der Waals surface area contributed by atoms with E-state index in [1.54, 1.807) is 6.21 Å². The molecule has 0 aliphatic carbocycles. The predicted molar refractivity (Wildman–Crippen MR) is 56.9 cm³/mol. The number of hydrogen-bond donors (Lipinski definition) is 1. The zero-order chi connectivity index (χ0) is 9.84. The van der Waals surface area contributed by atoms with Crippen molar-refractivity contribution in [3.8, 4) is 0 Å². The van der Waals surface area contributed by atoms with Crippen molar-refractivity contribution in [3.05, 3.63) is 23.7 Å². The summed E-state index contributed by atoms with van der Waals surface area (Å²) >= 11 is 0. The fourth-order valence-corrected chi connectivity index (χ4v) is 1.20. The molecule has 0 aromatic carbocycles. The van der Waals surface area contributed by atoms with Gasteiger partial charge in [-0.2, -0.15) is 0 Å². The van der Waals surface area contributed by atoms with Crippen LogP contribution in [0.15, 0.2) is 33.7 Å². The number of nitrogens with one attached hydrogen (secondary N) is 1. The van der Waals surface area contributed by atoms with Crippen LogP contribution < -0.4 is 5.32 Å². The summed E-state index contributed by atoms with van der Waals surface area (Å²) in [7, 11) is 0. The molecule has 0 aromatic heterocycles. The normalized spacial score (nSPS) is 17.8. The molecule has 0 spiro atoms.